The molecule has 0 unspecified atom stereocenters. The molecule has 4 heteroatoms. The van der Waals surface area contributed by atoms with Crippen molar-refractivity contribution in [2.24, 2.45) is 0 Å². The lowest BCUT2D eigenvalue weighted by atomic mass is 10.3. The number of allylic oxidation sites excluding steroid dienone is 1. The van der Waals surface area contributed by atoms with E-state index in [2.05, 4.69) is 35.2 Å². The van der Waals surface area contributed by atoms with Crippen molar-refractivity contribution in [2.45, 2.75) is 20.3 Å². The van der Waals surface area contributed by atoms with Gasteiger partial charge in [-0.2, -0.15) is 0 Å². The number of nitrogens with zero attached hydrogens (tertiary/aromatic N) is 2. The number of hydrogen-bond acceptors (Lipinski definition) is 3. The number of rotatable bonds is 4. The van der Waals surface area contributed by atoms with Gasteiger partial charge in [-0.25, -0.2) is 9.97 Å². The molecule has 0 atom stereocenters. The molecule has 1 N–H and O–H groups in total. The van der Waals surface area contributed by atoms with Gasteiger partial charge in [0, 0.05) is 12.7 Å². The fourth-order valence-electron chi connectivity index (χ4n) is 0.994. The van der Waals surface area contributed by atoms with Crippen molar-refractivity contribution < 1.29 is 0 Å². The highest BCUT2D eigenvalue weighted by Gasteiger charge is 1.93. The molecule has 0 saturated carbocycles. The lowest BCUT2D eigenvalue weighted by molar-refractivity contribution is 1.02. The fraction of sp³-hybridized carbons (Fsp3) is 0.400. The van der Waals surface area contributed by atoms with Crippen LogP contribution >= 0.6 is 11.6 Å². The molecule has 1 rings (SSSR count). The minimum atomic E-state index is 0.275. The predicted octanol–water partition coefficient (Wildman–Crippen LogP) is 2.90. The summed E-state index contributed by atoms with van der Waals surface area (Å²) in [4.78, 5) is 7.81. The maximum Gasteiger partial charge on any atom is 0.224 e. The Labute approximate surface area is 89.2 Å². The second kappa shape index (κ2) is 5.60. The maximum atomic E-state index is 5.63. The van der Waals surface area contributed by atoms with Crippen LogP contribution < -0.4 is 5.32 Å². The van der Waals surface area contributed by atoms with E-state index in [1.807, 2.05) is 0 Å². The summed E-state index contributed by atoms with van der Waals surface area (Å²) in [7, 11) is 0. The van der Waals surface area contributed by atoms with Crippen molar-refractivity contribution >= 4 is 17.4 Å². The number of nitrogens with one attached hydrogen (secondary N) is 1. The monoisotopic (exact) mass is 211 g/mol. The minimum absolute atomic E-state index is 0.275. The first-order chi connectivity index (χ1) is 6.68. The van der Waals surface area contributed by atoms with Crippen LogP contribution in [0.2, 0.25) is 5.28 Å². The molecule has 0 bridgehead atoms. The Morgan fingerprint density at radius 2 is 2.36 bits per heavy atom. The van der Waals surface area contributed by atoms with Gasteiger partial charge >= 0.3 is 0 Å². The molecule has 0 spiro atoms. The zero-order valence-electron chi connectivity index (χ0n) is 8.42. The highest BCUT2D eigenvalue weighted by molar-refractivity contribution is 6.28. The molecule has 0 amide bonds. The molecule has 0 aliphatic heterocycles. The smallest absolute Gasteiger partial charge is 0.224 e. The number of anilines is 1. The van der Waals surface area contributed by atoms with Crippen molar-refractivity contribution in [1.82, 2.24) is 9.97 Å². The van der Waals surface area contributed by atoms with E-state index in [9.17, 15) is 0 Å². The van der Waals surface area contributed by atoms with Crippen LogP contribution in [0.3, 0.4) is 0 Å². The molecule has 1 aromatic rings. The van der Waals surface area contributed by atoms with Gasteiger partial charge in [0.2, 0.25) is 5.28 Å². The summed E-state index contributed by atoms with van der Waals surface area (Å²) in [5.41, 5.74) is 1.33. The van der Waals surface area contributed by atoms with Crippen molar-refractivity contribution in [2.75, 3.05) is 11.9 Å². The SMILES string of the molecule is CC(C)=CCCNc1ccnc(Cl)n1. The molecule has 3 nitrogen and oxygen atoms in total. The molecule has 0 aliphatic rings. The van der Waals surface area contributed by atoms with Gasteiger partial charge < -0.3 is 5.32 Å². The van der Waals surface area contributed by atoms with Crippen LogP contribution in [0.4, 0.5) is 5.82 Å². The fourth-order valence-corrected chi connectivity index (χ4v) is 1.14. The average Bonchev–Trinajstić information content (AvgIpc) is 2.12. The number of halogens is 1. The zero-order chi connectivity index (χ0) is 10.4. The molecular formula is C10H14ClN3. The van der Waals surface area contributed by atoms with E-state index in [1.54, 1.807) is 12.3 Å². The Kier molecular flexibility index (Phi) is 4.40. The summed E-state index contributed by atoms with van der Waals surface area (Å²) >= 11 is 5.63. The molecule has 0 radical (unpaired) electrons. The number of hydrogen-bond donors (Lipinski definition) is 1. The van der Waals surface area contributed by atoms with Crippen LogP contribution in [-0.2, 0) is 0 Å². The van der Waals surface area contributed by atoms with Crippen molar-refractivity contribution in [3.63, 3.8) is 0 Å². The van der Waals surface area contributed by atoms with Gasteiger partial charge in [-0.05, 0) is 37.9 Å². The Morgan fingerprint density at radius 3 is 3.00 bits per heavy atom. The minimum Gasteiger partial charge on any atom is -0.370 e. The van der Waals surface area contributed by atoms with E-state index >= 15 is 0 Å². The molecule has 1 aromatic heterocycles. The topological polar surface area (TPSA) is 37.8 Å². The molecule has 1 heterocycles. The van der Waals surface area contributed by atoms with Gasteiger partial charge in [-0.1, -0.05) is 11.6 Å². The van der Waals surface area contributed by atoms with Crippen LogP contribution in [0.25, 0.3) is 0 Å². The average molecular weight is 212 g/mol. The van der Waals surface area contributed by atoms with Gasteiger partial charge in [-0.3, -0.25) is 0 Å². The Hall–Kier alpha value is -1.09. The lowest BCUT2D eigenvalue weighted by Crippen LogP contribution is -2.02. The first-order valence-corrected chi connectivity index (χ1v) is 4.92. The summed E-state index contributed by atoms with van der Waals surface area (Å²) in [6.07, 6.45) is 4.80. The molecule has 0 aromatic carbocycles. The third-order valence-electron chi connectivity index (χ3n) is 1.63. The van der Waals surface area contributed by atoms with Gasteiger partial charge in [0.05, 0.1) is 0 Å². The normalized spacial score (nSPS) is 9.64. The van der Waals surface area contributed by atoms with E-state index in [-0.39, 0.29) is 5.28 Å². The third kappa shape index (κ3) is 4.23. The summed E-state index contributed by atoms with van der Waals surface area (Å²) in [6.45, 7) is 5.03. The summed E-state index contributed by atoms with van der Waals surface area (Å²) in [6, 6.07) is 1.80. The van der Waals surface area contributed by atoms with Gasteiger partial charge in [-0.15, -0.1) is 0 Å². The third-order valence-corrected chi connectivity index (χ3v) is 1.81. The van der Waals surface area contributed by atoms with Crippen molar-refractivity contribution in [3.8, 4) is 0 Å². The first kappa shape index (κ1) is 11.0. The standard InChI is InChI=1S/C10H14ClN3/c1-8(2)4-3-6-12-9-5-7-13-10(11)14-9/h4-5,7H,3,6H2,1-2H3,(H,12,13,14). The molecule has 0 saturated heterocycles. The van der Waals surface area contributed by atoms with Crippen LogP contribution in [-0.4, -0.2) is 16.5 Å². The Bertz CT molecular complexity index is 319. The van der Waals surface area contributed by atoms with E-state index in [1.165, 1.54) is 5.57 Å². The molecule has 14 heavy (non-hydrogen) atoms. The second-order valence-electron chi connectivity index (χ2n) is 3.21. The summed E-state index contributed by atoms with van der Waals surface area (Å²) < 4.78 is 0. The van der Waals surface area contributed by atoms with Crippen LogP contribution in [0.5, 0.6) is 0 Å². The van der Waals surface area contributed by atoms with Gasteiger partial charge in [0.1, 0.15) is 5.82 Å². The summed E-state index contributed by atoms with van der Waals surface area (Å²) in [5, 5.41) is 3.44. The zero-order valence-corrected chi connectivity index (χ0v) is 9.17. The largest absolute Gasteiger partial charge is 0.370 e. The van der Waals surface area contributed by atoms with Crippen molar-refractivity contribution in [3.05, 3.63) is 29.2 Å². The Morgan fingerprint density at radius 1 is 1.57 bits per heavy atom. The number of aromatic nitrogens is 2. The molecular weight excluding hydrogens is 198 g/mol. The van der Waals surface area contributed by atoms with Crippen LogP contribution in [0.1, 0.15) is 20.3 Å². The summed E-state index contributed by atoms with van der Waals surface area (Å²) in [5.74, 6) is 0.771. The maximum absolute atomic E-state index is 5.63. The van der Waals surface area contributed by atoms with Crippen LogP contribution in [0.15, 0.2) is 23.9 Å². The van der Waals surface area contributed by atoms with E-state index in [0.717, 1.165) is 18.8 Å². The van der Waals surface area contributed by atoms with Gasteiger partial charge in [0.15, 0.2) is 0 Å². The van der Waals surface area contributed by atoms with E-state index in [0.29, 0.717) is 0 Å². The quantitative estimate of drug-likeness (QED) is 0.473. The lowest BCUT2D eigenvalue weighted by Gasteiger charge is -2.02. The highest BCUT2D eigenvalue weighted by Crippen LogP contribution is 2.05. The Balaban J connectivity index is 2.35. The molecule has 0 fully saturated rings. The van der Waals surface area contributed by atoms with Crippen molar-refractivity contribution in [1.29, 1.82) is 0 Å². The van der Waals surface area contributed by atoms with E-state index in [4.69, 9.17) is 11.6 Å². The highest BCUT2D eigenvalue weighted by atomic mass is 35.5. The van der Waals surface area contributed by atoms with Crippen LogP contribution in [0, 0.1) is 0 Å². The second-order valence-corrected chi connectivity index (χ2v) is 3.55. The molecule has 0 aliphatic carbocycles. The van der Waals surface area contributed by atoms with E-state index < -0.39 is 0 Å². The first-order valence-electron chi connectivity index (χ1n) is 4.54. The van der Waals surface area contributed by atoms with Gasteiger partial charge in [0.25, 0.3) is 0 Å². The predicted molar refractivity (Wildman–Crippen MR) is 59.6 cm³/mol. The molecule has 76 valence electrons.